The molecule has 0 saturated carbocycles. The molecule has 2 aromatic heterocycles. The number of aromatic hydroxyl groups is 1. The Morgan fingerprint density at radius 3 is 2.68 bits per heavy atom. The van der Waals surface area contributed by atoms with E-state index in [-0.39, 0.29) is 11.8 Å². The molecule has 0 aliphatic rings. The number of nitrogens with zero attached hydrogens (tertiary/aromatic N) is 5. The largest absolute Gasteiger partial charge is 0.508 e. The second kappa shape index (κ2) is 6.60. The summed E-state index contributed by atoms with van der Waals surface area (Å²) in [5.74, 6) is 0.213. The summed E-state index contributed by atoms with van der Waals surface area (Å²) in [6.45, 7) is 0.701. The van der Waals surface area contributed by atoms with Gasteiger partial charge in [-0.05, 0) is 17.7 Å². The molecule has 4 rings (SSSR count). The first-order chi connectivity index (χ1) is 12.3. The van der Waals surface area contributed by atoms with E-state index in [1.54, 1.807) is 30.7 Å². The quantitative estimate of drug-likeness (QED) is 0.610. The van der Waals surface area contributed by atoms with E-state index in [4.69, 9.17) is 0 Å². The number of phenolic OH excluding ortho intramolecular Hbond substituents is 1. The van der Waals surface area contributed by atoms with Gasteiger partial charge in [0, 0.05) is 18.0 Å². The molecule has 0 aliphatic heterocycles. The summed E-state index contributed by atoms with van der Waals surface area (Å²) in [7, 11) is 0. The van der Waals surface area contributed by atoms with Crippen LogP contribution in [0.15, 0.2) is 79.5 Å². The lowest BCUT2D eigenvalue weighted by molar-refractivity contribution is 0.443. The van der Waals surface area contributed by atoms with Gasteiger partial charge in [0.25, 0.3) is 0 Å². The van der Waals surface area contributed by atoms with Gasteiger partial charge < -0.3 is 9.67 Å². The molecule has 0 fully saturated rings. The maximum atomic E-state index is 9.67. The molecule has 1 unspecified atom stereocenters. The molecule has 0 saturated heterocycles. The molecule has 0 radical (unpaired) electrons. The van der Waals surface area contributed by atoms with Crippen molar-refractivity contribution in [3.05, 3.63) is 85.1 Å². The van der Waals surface area contributed by atoms with E-state index in [9.17, 15) is 5.11 Å². The fourth-order valence-corrected chi connectivity index (χ4v) is 2.84. The van der Waals surface area contributed by atoms with Gasteiger partial charge >= 0.3 is 0 Å². The van der Waals surface area contributed by atoms with Crippen molar-refractivity contribution >= 4 is 0 Å². The minimum Gasteiger partial charge on any atom is -0.508 e. The number of hydrogen-bond donors (Lipinski definition) is 1. The Morgan fingerprint density at radius 2 is 1.92 bits per heavy atom. The van der Waals surface area contributed by atoms with Crippen LogP contribution < -0.4 is 0 Å². The van der Waals surface area contributed by atoms with E-state index < -0.39 is 0 Å². The van der Waals surface area contributed by atoms with Gasteiger partial charge in [-0.25, -0.2) is 9.67 Å². The minimum atomic E-state index is -0.00559. The summed E-state index contributed by atoms with van der Waals surface area (Å²) in [4.78, 5) is 4.11. The Morgan fingerprint density at radius 1 is 1.04 bits per heavy atom. The maximum Gasteiger partial charge on any atom is 0.116 e. The smallest absolute Gasteiger partial charge is 0.116 e. The van der Waals surface area contributed by atoms with Crippen LogP contribution in [0.5, 0.6) is 5.75 Å². The van der Waals surface area contributed by atoms with E-state index in [1.807, 2.05) is 45.9 Å². The van der Waals surface area contributed by atoms with Crippen molar-refractivity contribution < 1.29 is 5.11 Å². The predicted octanol–water partition coefficient (Wildman–Crippen LogP) is 3.14. The summed E-state index contributed by atoms with van der Waals surface area (Å²) >= 11 is 0. The van der Waals surface area contributed by atoms with E-state index in [0.29, 0.717) is 6.54 Å². The molecule has 0 bridgehead atoms. The highest BCUT2D eigenvalue weighted by atomic mass is 16.3. The third kappa shape index (κ3) is 3.28. The molecular weight excluding hydrogens is 314 g/mol. The maximum absolute atomic E-state index is 9.67. The Kier molecular flexibility index (Phi) is 4.00. The summed E-state index contributed by atoms with van der Waals surface area (Å²) in [5.41, 5.74) is 2.70. The van der Waals surface area contributed by atoms with Gasteiger partial charge in [-0.2, -0.15) is 0 Å². The molecule has 6 heteroatoms. The Hall–Kier alpha value is -3.41. The highest BCUT2D eigenvalue weighted by molar-refractivity contribution is 5.59. The molecule has 0 spiro atoms. The average Bonchev–Trinajstić information content (AvgIpc) is 3.32. The van der Waals surface area contributed by atoms with Crippen molar-refractivity contribution in [3.63, 3.8) is 0 Å². The van der Waals surface area contributed by atoms with Crippen LogP contribution in [0.2, 0.25) is 0 Å². The summed E-state index contributed by atoms with van der Waals surface area (Å²) in [6, 6.07) is 17.2. The van der Waals surface area contributed by atoms with Crippen molar-refractivity contribution in [3.8, 4) is 17.0 Å². The van der Waals surface area contributed by atoms with E-state index in [1.165, 1.54) is 0 Å². The zero-order valence-electron chi connectivity index (χ0n) is 13.5. The number of imidazole rings is 1. The van der Waals surface area contributed by atoms with Crippen molar-refractivity contribution in [1.29, 1.82) is 0 Å². The lowest BCUT2D eigenvalue weighted by Gasteiger charge is -2.18. The van der Waals surface area contributed by atoms with Gasteiger partial charge in [-0.3, -0.25) is 0 Å². The van der Waals surface area contributed by atoms with Crippen molar-refractivity contribution in [2.45, 2.75) is 12.6 Å². The van der Waals surface area contributed by atoms with E-state index in [0.717, 1.165) is 16.8 Å². The molecular formula is C19H17N5O. The van der Waals surface area contributed by atoms with Crippen molar-refractivity contribution in [2.75, 3.05) is 0 Å². The van der Waals surface area contributed by atoms with E-state index >= 15 is 0 Å². The third-order valence-electron chi connectivity index (χ3n) is 4.10. The monoisotopic (exact) mass is 331 g/mol. The average molecular weight is 331 g/mol. The van der Waals surface area contributed by atoms with Gasteiger partial charge in [0.05, 0.1) is 25.1 Å². The SMILES string of the molecule is Oc1cccc(-c2cn(C(Cn3ccnc3)c3ccccc3)nn2)c1. The number of hydrogen-bond acceptors (Lipinski definition) is 4. The number of aromatic nitrogens is 5. The number of phenols is 1. The standard InChI is InChI=1S/C19H17N5O/c25-17-8-4-7-16(11-17)18-12-24(22-21-18)19(13-23-10-9-20-14-23)15-5-2-1-3-6-15/h1-12,14,19,25H,13H2. The summed E-state index contributed by atoms with van der Waals surface area (Å²) in [5, 5.41) is 18.3. The van der Waals surface area contributed by atoms with Crippen LogP contribution in [0.3, 0.4) is 0 Å². The van der Waals surface area contributed by atoms with Gasteiger partial charge in [0.1, 0.15) is 11.4 Å². The van der Waals surface area contributed by atoms with Crippen LogP contribution in [0.1, 0.15) is 11.6 Å². The zero-order chi connectivity index (χ0) is 17.1. The topological polar surface area (TPSA) is 68.8 Å². The fourth-order valence-electron chi connectivity index (χ4n) is 2.84. The number of benzene rings is 2. The first kappa shape index (κ1) is 15.1. The summed E-state index contributed by atoms with van der Waals surface area (Å²) < 4.78 is 3.88. The van der Waals surface area contributed by atoms with Crippen LogP contribution in [0, 0.1) is 0 Å². The van der Waals surface area contributed by atoms with Gasteiger partial charge in [-0.15, -0.1) is 5.10 Å². The first-order valence-electron chi connectivity index (χ1n) is 8.01. The van der Waals surface area contributed by atoms with E-state index in [2.05, 4.69) is 27.4 Å². The molecule has 0 amide bonds. The lowest BCUT2D eigenvalue weighted by atomic mass is 10.1. The van der Waals surface area contributed by atoms with Crippen LogP contribution >= 0.6 is 0 Å². The second-order valence-corrected chi connectivity index (χ2v) is 5.82. The molecule has 2 aromatic carbocycles. The van der Waals surface area contributed by atoms with Crippen LogP contribution in [-0.4, -0.2) is 29.7 Å². The Bertz CT molecular complexity index is 947. The van der Waals surface area contributed by atoms with Gasteiger partial charge in [0.15, 0.2) is 0 Å². The van der Waals surface area contributed by atoms with Gasteiger partial charge in [-0.1, -0.05) is 47.7 Å². The van der Waals surface area contributed by atoms with Crippen molar-refractivity contribution in [1.82, 2.24) is 24.5 Å². The summed E-state index contributed by atoms with van der Waals surface area (Å²) in [6.07, 6.45) is 7.40. The molecule has 124 valence electrons. The predicted molar refractivity (Wildman–Crippen MR) is 93.9 cm³/mol. The molecule has 4 aromatic rings. The normalized spacial score (nSPS) is 12.2. The van der Waals surface area contributed by atoms with Crippen LogP contribution in [0.4, 0.5) is 0 Å². The molecule has 0 aliphatic carbocycles. The molecule has 1 N–H and O–H groups in total. The van der Waals surface area contributed by atoms with Crippen LogP contribution in [0.25, 0.3) is 11.3 Å². The number of rotatable bonds is 5. The Balaban J connectivity index is 1.70. The fraction of sp³-hybridized carbons (Fsp3) is 0.105. The second-order valence-electron chi connectivity index (χ2n) is 5.82. The first-order valence-corrected chi connectivity index (χ1v) is 8.01. The molecule has 6 nitrogen and oxygen atoms in total. The highest BCUT2D eigenvalue weighted by Gasteiger charge is 2.17. The lowest BCUT2D eigenvalue weighted by Crippen LogP contribution is -2.17. The zero-order valence-corrected chi connectivity index (χ0v) is 13.5. The molecule has 2 heterocycles. The van der Waals surface area contributed by atoms with Gasteiger partial charge in [0.2, 0.25) is 0 Å². The molecule has 1 atom stereocenters. The minimum absolute atomic E-state index is 0.00559. The molecule has 25 heavy (non-hydrogen) atoms. The Labute approximate surface area is 145 Å². The van der Waals surface area contributed by atoms with Crippen LogP contribution in [-0.2, 0) is 6.54 Å². The van der Waals surface area contributed by atoms with Crippen molar-refractivity contribution in [2.24, 2.45) is 0 Å². The highest BCUT2D eigenvalue weighted by Crippen LogP contribution is 2.24. The third-order valence-corrected chi connectivity index (χ3v) is 4.10.